The Morgan fingerprint density at radius 3 is 2.37 bits per heavy atom. The highest BCUT2D eigenvalue weighted by atomic mass is 16.5. The minimum absolute atomic E-state index is 0.0270. The van der Waals surface area contributed by atoms with Gasteiger partial charge in [0, 0.05) is 18.0 Å². The number of carbonyl (C=O) groups is 2. The highest BCUT2D eigenvalue weighted by molar-refractivity contribution is 6.11. The van der Waals surface area contributed by atoms with Crippen LogP contribution in [0.4, 0.5) is 0 Å². The summed E-state index contributed by atoms with van der Waals surface area (Å²) in [6, 6.07) is 15.9. The summed E-state index contributed by atoms with van der Waals surface area (Å²) in [7, 11) is 1.60. The third-order valence-corrected chi connectivity index (χ3v) is 5.15. The first-order valence-electron chi connectivity index (χ1n) is 9.54. The van der Waals surface area contributed by atoms with E-state index in [-0.39, 0.29) is 35.8 Å². The van der Waals surface area contributed by atoms with Crippen LogP contribution >= 0.6 is 0 Å². The normalized spacial score (nSPS) is 11.1. The van der Waals surface area contributed by atoms with E-state index in [0.717, 1.165) is 0 Å². The predicted molar refractivity (Wildman–Crippen MR) is 114 cm³/mol. The number of aromatic nitrogens is 2. The van der Waals surface area contributed by atoms with Gasteiger partial charge < -0.3 is 14.4 Å². The van der Waals surface area contributed by atoms with Crippen molar-refractivity contribution in [3.8, 4) is 5.75 Å². The fourth-order valence-corrected chi connectivity index (χ4v) is 3.87. The number of ether oxygens (including phenoxy) is 1. The van der Waals surface area contributed by atoms with Crippen molar-refractivity contribution in [1.29, 1.82) is 0 Å². The van der Waals surface area contributed by atoms with E-state index in [9.17, 15) is 19.5 Å². The van der Waals surface area contributed by atoms with Crippen molar-refractivity contribution in [2.75, 3.05) is 6.61 Å². The lowest BCUT2D eigenvalue weighted by atomic mass is 10.1. The molecule has 0 atom stereocenters. The molecule has 1 N–H and O–H groups in total. The van der Waals surface area contributed by atoms with Crippen molar-refractivity contribution in [2.24, 2.45) is 7.05 Å². The number of para-hydroxylation sites is 1. The van der Waals surface area contributed by atoms with Gasteiger partial charge in [-0.2, -0.15) is 0 Å². The van der Waals surface area contributed by atoms with Gasteiger partial charge in [-0.25, -0.2) is 4.79 Å². The summed E-state index contributed by atoms with van der Waals surface area (Å²) in [4.78, 5) is 38.3. The Bertz CT molecular complexity index is 1350. The molecule has 2 aromatic heterocycles. The topological polar surface area (TPSA) is 90.5 Å². The number of fused-ring (bicyclic) bond motifs is 3. The number of carboxylic acids is 1. The van der Waals surface area contributed by atoms with Crippen LogP contribution in [0.15, 0.2) is 59.4 Å². The molecular weight excluding hydrogens is 384 g/mol. The lowest BCUT2D eigenvalue weighted by molar-refractivity contribution is 0.0682. The van der Waals surface area contributed by atoms with Crippen LogP contribution in [0, 0.1) is 0 Å². The predicted octanol–water partition coefficient (Wildman–Crippen LogP) is 3.47. The van der Waals surface area contributed by atoms with Gasteiger partial charge in [-0.05, 0) is 13.0 Å². The Hall–Kier alpha value is -3.87. The third kappa shape index (κ3) is 2.95. The van der Waals surface area contributed by atoms with Crippen LogP contribution in [-0.2, 0) is 13.6 Å². The molecule has 0 unspecified atom stereocenters. The van der Waals surface area contributed by atoms with Crippen LogP contribution in [0.25, 0.3) is 21.8 Å². The van der Waals surface area contributed by atoms with Crippen molar-refractivity contribution in [2.45, 2.75) is 13.5 Å². The zero-order valence-electron chi connectivity index (χ0n) is 16.6. The average Bonchev–Trinajstić information content (AvgIpc) is 3.04. The third-order valence-electron chi connectivity index (χ3n) is 5.15. The summed E-state index contributed by atoms with van der Waals surface area (Å²) in [5.74, 6) is -1.37. The number of ketones is 1. The van der Waals surface area contributed by atoms with E-state index in [1.165, 1.54) is 9.13 Å². The maximum absolute atomic E-state index is 13.5. The largest absolute Gasteiger partial charge is 0.490 e. The number of rotatable bonds is 6. The Labute approximate surface area is 171 Å². The number of benzene rings is 2. The van der Waals surface area contributed by atoms with Gasteiger partial charge in [0.05, 0.1) is 24.2 Å². The number of Topliss-reactive ketones (excluding diaryl/α,β-unsaturated/α-hetero) is 1. The van der Waals surface area contributed by atoms with Crippen LogP contribution in [0.1, 0.15) is 27.8 Å². The first-order chi connectivity index (χ1) is 14.5. The van der Waals surface area contributed by atoms with Crippen molar-refractivity contribution in [3.63, 3.8) is 0 Å². The van der Waals surface area contributed by atoms with Gasteiger partial charge in [0.2, 0.25) is 0 Å². The lowest BCUT2D eigenvalue weighted by Crippen LogP contribution is -2.25. The molecule has 0 saturated carbocycles. The molecule has 0 radical (unpaired) electrons. The smallest absolute Gasteiger partial charge is 0.356 e. The first-order valence-corrected chi connectivity index (χ1v) is 9.54. The number of hydrogen-bond acceptors (Lipinski definition) is 4. The van der Waals surface area contributed by atoms with Gasteiger partial charge in [-0.3, -0.25) is 14.2 Å². The summed E-state index contributed by atoms with van der Waals surface area (Å²) < 4.78 is 8.46. The van der Waals surface area contributed by atoms with Gasteiger partial charge in [0.25, 0.3) is 5.56 Å². The van der Waals surface area contributed by atoms with Crippen LogP contribution in [0.3, 0.4) is 0 Å². The quantitative estimate of drug-likeness (QED) is 0.497. The Morgan fingerprint density at radius 1 is 1.03 bits per heavy atom. The van der Waals surface area contributed by atoms with Crippen LogP contribution in [-0.4, -0.2) is 32.6 Å². The molecular formula is C23H20N2O5. The van der Waals surface area contributed by atoms with Gasteiger partial charge in [0.15, 0.2) is 17.2 Å². The van der Waals surface area contributed by atoms with E-state index in [1.54, 1.807) is 50.4 Å². The van der Waals surface area contributed by atoms with Crippen molar-refractivity contribution < 1.29 is 19.4 Å². The van der Waals surface area contributed by atoms with Crippen molar-refractivity contribution in [1.82, 2.24) is 9.13 Å². The molecule has 4 aromatic rings. The molecule has 7 heteroatoms. The van der Waals surface area contributed by atoms with Crippen LogP contribution < -0.4 is 10.3 Å². The van der Waals surface area contributed by atoms with E-state index in [2.05, 4.69) is 0 Å². The molecule has 0 aliphatic carbocycles. The van der Waals surface area contributed by atoms with E-state index in [1.807, 2.05) is 18.2 Å². The molecule has 152 valence electrons. The highest BCUT2D eigenvalue weighted by Gasteiger charge is 2.27. The number of aromatic carboxylic acids is 1. The maximum atomic E-state index is 13.5. The minimum Gasteiger partial charge on any atom is -0.490 e. The number of pyridine rings is 1. The molecule has 0 bridgehead atoms. The Balaban J connectivity index is 2.07. The number of aryl methyl sites for hydroxylation is 1. The van der Waals surface area contributed by atoms with E-state index >= 15 is 0 Å². The fraction of sp³-hybridized carbons (Fsp3) is 0.174. The minimum atomic E-state index is -1.19. The average molecular weight is 404 g/mol. The fourth-order valence-electron chi connectivity index (χ4n) is 3.87. The molecule has 0 aliphatic rings. The number of hydrogen-bond donors (Lipinski definition) is 1. The lowest BCUT2D eigenvalue weighted by Gasteiger charge is -2.12. The van der Waals surface area contributed by atoms with Crippen LogP contribution in [0.5, 0.6) is 5.75 Å². The molecule has 2 aromatic carbocycles. The molecule has 4 rings (SSSR count). The molecule has 30 heavy (non-hydrogen) atoms. The first kappa shape index (κ1) is 19.4. The summed E-state index contributed by atoms with van der Waals surface area (Å²) >= 11 is 0. The molecule has 0 saturated heterocycles. The SMILES string of the molecule is CCOc1c(C(=O)O)n(C)c2c1c(=O)n(CC(=O)c1ccccc1)c1ccccc21. The second-order valence-corrected chi connectivity index (χ2v) is 6.90. The van der Waals surface area contributed by atoms with Gasteiger partial charge in [-0.15, -0.1) is 0 Å². The summed E-state index contributed by atoms with van der Waals surface area (Å²) in [6.07, 6.45) is 0. The molecule has 0 aliphatic heterocycles. The standard InChI is InChI=1S/C23H20N2O5/c1-3-30-21-18-19(24(2)20(21)23(28)29)15-11-7-8-12-16(15)25(22(18)27)13-17(26)14-9-5-4-6-10-14/h4-12H,3,13H2,1-2H3,(H,28,29). The van der Waals surface area contributed by atoms with Crippen molar-refractivity contribution in [3.05, 3.63) is 76.2 Å². The summed E-state index contributed by atoms with van der Waals surface area (Å²) in [5, 5.41) is 10.6. The molecule has 0 fully saturated rings. The van der Waals surface area contributed by atoms with Gasteiger partial charge >= 0.3 is 5.97 Å². The van der Waals surface area contributed by atoms with Gasteiger partial charge in [-0.1, -0.05) is 48.5 Å². The van der Waals surface area contributed by atoms with Crippen LogP contribution in [0.2, 0.25) is 0 Å². The summed E-state index contributed by atoms with van der Waals surface area (Å²) in [5.41, 5.74) is 0.971. The maximum Gasteiger partial charge on any atom is 0.356 e. The Kier molecular flexibility index (Phi) is 4.87. The van der Waals surface area contributed by atoms with E-state index in [0.29, 0.717) is 22.0 Å². The molecule has 2 heterocycles. The summed E-state index contributed by atoms with van der Waals surface area (Å²) in [6.45, 7) is 1.76. The van der Waals surface area contributed by atoms with E-state index < -0.39 is 11.5 Å². The van der Waals surface area contributed by atoms with Crippen molar-refractivity contribution >= 4 is 33.6 Å². The Morgan fingerprint density at radius 2 is 1.70 bits per heavy atom. The molecule has 0 spiro atoms. The number of carbonyl (C=O) groups excluding carboxylic acids is 1. The monoisotopic (exact) mass is 404 g/mol. The number of nitrogens with zero attached hydrogens (tertiary/aromatic N) is 2. The second-order valence-electron chi connectivity index (χ2n) is 6.90. The molecule has 7 nitrogen and oxygen atoms in total. The zero-order chi connectivity index (χ0) is 21.4. The second kappa shape index (κ2) is 7.51. The van der Waals surface area contributed by atoms with Gasteiger partial charge in [0.1, 0.15) is 5.39 Å². The number of carboxylic acid groups (broad SMARTS) is 1. The zero-order valence-corrected chi connectivity index (χ0v) is 16.6. The molecule has 0 amide bonds. The van der Waals surface area contributed by atoms with E-state index in [4.69, 9.17) is 4.74 Å². The highest BCUT2D eigenvalue weighted by Crippen LogP contribution is 2.34.